The average molecular weight is 572 g/mol. The minimum absolute atomic E-state index is 0. The predicted molar refractivity (Wildman–Crippen MR) is 153 cm³/mol. The number of halogens is 1. The molecule has 0 unspecified atom stereocenters. The van der Waals surface area contributed by atoms with Gasteiger partial charge in [-0.1, -0.05) is 24.3 Å². The molecule has 9 nitrogen and oxygen atoms in total. The number of likely N-dealkylation sites (N-methyl/N-ethyl adjacent to an activating group) is 1. The number of nitro benzene ring substituents is 1. The highest BCUT2D eigenvalue weighted by atomic mass is 35.5. The van der Waals surface area contributed by atoms with Crippen molar-refractivity contribution in [1.29, 1.82) is 0 Å². The molecular formula is C28H30ClN3O6S. The van der Waals surface area contributed by atoms with Gasteiger partial charge < -0.3 is 19.3 Å². The lowest BCUT2D eigenvalue weighted by atomic mass is 10.0. The smallest absolute Gasteiger partial charge is 0.338 e. The summed E-state index contributed by atoms with van der Waals surface area (Å²) in [6.07, 6.45) is -1.15. The van der Waals surface area contributed by atoms with Crippen LogP contribution in [0.1, 0.15) is 26.7 Å². The molecule has 0 aliphatic carbocycles. The number of thioether (sulfide) groups is 1. The van der Waals surface area contributed by atoms with Gasteiger partial charge >= 0.3 is 5.97 Å². The molecule has 3 aromatic carbocycles. The fraction of sp³-hybridized carbons (Fsp3) is 0.286. The van der Waals surface area contributed by atoms with Gasteiger partial charge in [0.25, 0.3) is 11.6 Å². The van der Waals surface area contributed by atoms with Gasteiger partial charge in [0.15, 0.2) is 6.10 Å². The van der Waals surface area contributed by atoms with Gasteiger partial charge in [0.1, 0.15) is 5.75 Å². The van der Waals surface area contributed by atoms with Crippen molar-refractivity contribution in [3.05, 3.63) is 93.5 Å². The largest absolute Gasteiger partial charge is 0.497 e. The maximum atomic E-state index is 14.1. The van der Waals surface area contributed by atoms with E-state index in [-0.39, 0.29) is 29.6 Å². The summed E-state index contributed by atoms with van der Waals surface area (Å²) in [6.45, 7) is 2.57. The molecule has 1 heterocycles. The molecule has 1 aliphatic heterocycles. The molecule has 0 saturated carbocycles. The number of nitrogens with zero attached hydrogens (tertiary/aromatic N) is 3. The summed E-state index contributed by atoms with van der Waals surface area (Å²) in [6, 6.07) is 19.0. The third kappa shape index (κ3) is 6.70. The number of anilines is 1. The molecule has 0 N–H and O–H groups in total. The van der Waals surface area contributed by atoms with Crippen LogP contribution in [0.25, 0.3) is 0 Å². The first-order valence-electron chi connectivity index (χ1n) is 12.0. The second-order valence-electron chi connectivity index (χ2n) is 9.16. The van der Waals surface area contributed by atoms with E-state index in [0.717, 1.165) is 16.1 Å². The topological polar surface area (TPSA) is 102 Å². The summed E-state index contributed by atoms with van der Waals surface area (Å²) in [7, 11) is 5.43. The van der Waals surface area contributed by atoms with Crippen molar-refractivity contribution in [1.82, 2.24) is 4.90 Å². The van der Waals surface area contributed by atoms with Crippen LogP contribution in [0.5, 0.6) is 5.75 Å². The van der Waals surface area contributed by atoms with Gasteiger partial charge in [-0.2, -0.15) is 0 Å². The molecule has 0 spiro atoms. The number of esters is 1. The fourth-order valence-corrected chi connectivity index (χ4v) is 5.55. The Morgan fingerprint density at radius 3 is 2.41 bits per heavy atom. The Morgan fingerprint density at radius 1 is 1.10 bits per heavy atom. The third-order valence-electron chi connectivity index (χ3n) is 6.27. The summed E-state index contributed by atoms with van der Waals surface area (Å²) in [5.74, 6) is -0.391. The van der Waals surface area contributed by atoms with Crippen LogP contribution < -0.4 is 9.64 Å². The highest BCUT2D eigenvalue weighted by Crippen LogP contribution is 2.47. The summed E-state index contributed by atoms with van der Waals surface area (Å²) in [4.78, 5) is 42.7. The normalized spacial score (nSPS) is 16.6. The molecule has 1 amide bonds. The zero-order valence-electron chi connectivity index (χ0n) is 22.0. The lowest BCUT2D eigenvalue weighted by Gasteiger charge is -2.28. The van der Waals surface area contributed by atoms with Gasteiger partial charge in [0.05, 0.1) is 28.5 Å². The molecule has 206 valence electrons. The SMILES string of the molecule is COc1ccc([C@H]2Sc3ccccc3N(CCN(C)C)C(=O)[C@H]2OC(=O)c2ccc([N+](=O)[O-])c(C)c2)cc1.Cl. The first-order chi connectivity index (χ1) is 18.2. The number of fused-ring (bicyclic) bond motifs is 1. The number of para-hydroxylation sites is 1. The Morgan fingerprint density at radius 2 is 1.79 bits per heavy atom. The van der Waals surface area contributed by atoms with Crippen LogP contribution in [0.4, 0.5) is 11.4 Å². The summed E-state index contributed by atoms with van der Waals surface area (Å²) in [5, 5.41) is 10.7. The Kier molecular flexibility index (Phi) is 9.96. The molecule has 2 atom stereocenters. The van der Waals surface area contributed by atoms with E-state index in [0.29, 0.717) is 24.4 Å². The van der Waals surface area contributed by atoms with Crippen molar-refractivity contribution in [3.63, 3.8) is 0 Å². The van der Waals surface area contributed by atoms with Crippen molar-refractivity contribution in [2.75, 3.05) is 39.2 Å². The number of carbonyl (C=O) groups is 2. The lowest BCUT2D eigenvalue weighted by molar-refractivity contribution is -0.385. The predicted octanol–water partition coefficient (Wildman–Crippen LogP) is 5.30. The number of amides is 1. The van der Waals surface area contributed by atoms with E-state index in [1.807, 2.05) is 55.4 Å². The highest BCUT2D eigenvalue weighted by Gasteiger charge is 2.41. The first kappa shape index (κ1) is 29.9. The molecule has 4 rings (SSSR count). The number of carbonyl (C=O) groups excluding carboxylic acids is 2. The Bertz CT molecular complexity index is 1350. The molecule has 11 heteroatoms. The highest BCUT2D eigenvalue weighted by molar-refractivity contribution is 7.99. The van der Waals surface area contributed by atoms with Crippen molar-refractivity contribution >= 4 is 47.4 Å². The number of aryl methyl sites for hydroxylation is 1. The van der Waals surface area contributed by atoms with E-state index in [9.17, 15) is 19.7 Å². The number of ether oxygens (including phenoxy) is 2. The Labute approximate surface area is 237 Å². The molecule has 0 aromatic heterocycles. The van der Waals surface area contributed by atoms with E-state index in [4.69, 9.17) is 9.47 Å². The fourth-order valence-electron chi connectivity index (χ4n) is 4.23. The molecule has 0 saturated heterocycles. The standard InChI is InChI=1S/C28H29N3O6S.ClH/c1-18-17-20(11-14-22(18)31(34)35)28(33)37-25-26(19-9-12-21(36-4)13-10-19)38-24-8-6-5-7-23(24)30(27(25)32)16-15-29(2)3;/h5-14,17,25-26H,15-16H2,1-4H3;1H/t25-,26+;/m0./s1. The van der Waals surface area contributed by atoms with Crippen LogP contribution >= 0.6 is 24.2 Å². The second-order valence-corrected chi connectivity index (χ2v) is 10.3. The average Bonchev–Trinajstić information content (AvgIpc) is 3.01. The number of hydrogen-bond donors (Lipinski definition) is 0. The maximum Gasteiger partial charge on any atom is 0.338 e. The number of nitro groups is 1. The number of methoxy groups -OCH3 is 1. The van der Waals surface area contributed by atoms with Gasteiger partial charge in [-0.15, -0.1) is 24.2 Å². The monoisotopic (exact) mass is 571 g/mol. The summed E-state index contributed by atoms with van der Waals surface area (Å²) >= 11 is 1.46. The van der Waals surface area contributed by atoms with Crippen molar-refractivity contribution < 1.29 is 24.0 Å². The number of hydrogen-bond acceptors (Lipinski definition) is 8. The van der Waals surface area contributed by atoms with E-state index in [2.05, 4.69) is 0 Å². The summed E-state index contributed by atoms with van der Waals surface area (Å²) in [5.41, 5.74) is 1.93. The van der Waals surface area contributed by atoms with E-state index in [1.54, 1.807) is 31.1 Å². The van der Waals surface area contributed by atoms with Gasteiger partial charge in [0, 0.05) is 29.6 Å². The number of rotatable bonds is 8. The van der Waals surface area contributed by atoms with Crippen LogP contribution in [0.15, 0.2) is 71.6 Å². The van der Waals surface area contributed by atoms with Crippen molar-refractivity contribution in [2.24, 2.45) is 0 Å². The van der Waals surface area contributed by atoms with Crippen LogP contribution in [-0.4, -0.2) is 62.1 Å². The molecule has 0 radical (unpaired) electrons. The zero-order valence-corrected chi connectivity index (χ0v) is 23.7. The van der Waals surface area contributed by atoms with Crippen LogP contribution in [-0.2, 0) is 9.53 Å². The van der Waals surface area contributed by atoms with Crippen molar-refractivity contribution in [3.8, 4) is 5.75 Å². The molecule has 39 heavy (non-hydrogen) atoms. The van der Waals surface area contributed by atoms with Crippen LogP contribution in [0.3, 0.4) is 0 Å². The molecule has 0 fully saturated rings. The minimum atomic E-state index is -1.15. The van der Waals surface area contributed by atoms with Crippen molar-refractivity contribution in [2.45, 2.75) is 23.2 Å². The first-order valence-corrected chi connectivity index (χ1v) is 12.9. The van der Waals surface area contributed by atoms with Gasteiger partial charge in [-0.05, 0) is 63.0 Å². The van der Waals surface area contributed by atoms with E-state index in [1.165, 1.54) is 30.0 Å². The lowest BCUT2D eigenvalue weighted by Crippen LogP contribution is -2.45. The van der Waals surface area contributed by atoms with Gasteiger partial charge in [-0.3, -0.25) is 14.9 Å². The molecule has 0 bridgehead atoms. The third-order valence-corrected chi connectivity index (χ3v) is 7.65. The minimum Gasteiger partial charge on any atom is -0.497 e. The van der Waals surface area contributed by atoms with Crippen LogP contribution in [0, 0.1) is 17.0 Å². The summed E-state index contributed by atoms with van der Waals surface area (Å²) < 4.78 is 11.2. The van der Waals surface area contributed by atoms with Gasteiger partial charge in [0.2, 0.25) is 0 Å². The quantitative estimate of drug-likeness (QED) is 0.204. The molecule has 3 aromatic rings. The van der Waals surface area contributed by atoms with Crippen LogP contribution in [0.2, 0.25) is 0 Å². The molecular weight excluding hydrogens is 542 g/mol. The van der Waals surface area contributed by atoms with E-state index < -0.39 is 22.2 Å². The Hall–Kier alpha value is -3.60. The molecule has 1 aliphatic rings. The van der Waals surface area contributed by atoms with Gasteiger partial charge in [-0.25, -0.2) is 4.79 Å². The van der Waals surface area contributed by atoms with E-state index >= 15 is 0 Å². The second kappa shape index (κ2) is 13.0. The zero-order chi connectivity index (χ0) is 27.4. The number of benzene rings is 3. The Balaban J connectivity index is 0.00000420. The maximum absolute atomic E-state index is 14.1.